The van der Waals surface area contributed by atoms with Crippen LogP contribution in [0.1, 0.15) is 71.6 Å². The van der Waals surface area contributed by atoms with Gasteiger partial charge < -0.3 is 14.9 Å². The summed E-state index contributed by atoms with van der Waals surface area (Å²) in [5.41, 5.74) is 0.567. The van der Waals surface area contributed by atoms with Crippen molar-refractivity contribution in [2.24, 2.45) is 28.6 Å². The molecule has 26 heavy (non-hydrogen) atoms. The minimum Gasteiger partial charge on any atom is -0.469 e. The van der Waals surface area contributed by atoms with Crippen molar-refractivity contribution in [2.45, 2.75) is 83.3 Å². The first-order valence-electron chi connectivity index (χ1n) is 10.4. The molecule has 0 aromatic carbocycles. The number of ether oxygens (including phenoxy) is 1. The van der Waals surface area contributed by atoms with E-state index in [1.807, 2.05) is 0 Å². The SMILES string of the molecule is COC(=O)C[C@@]1(O)CC[C@H]2[C@@H]3CC=C4C[C@@H](O)CC[C@]4(C)[C@H]3CC[C@@]21C. The van der Waals surface area contributed by atoms with Gasteiger partial charge in [0.1, 0.15) is 0 Å². The second-order valence-electron chi connectivity index (χ2n) is 9.94. The average molecular weight is 363 g/mol. The summed E-state index contributed by atoms with van der Waals surface area (Å²) in [6, 6.07) is 0. The van der Waals surface area contributed by atoms with E-state index in [0.29, 0.717) is 24.2 Å². The van der Waals surface area contributed by atoms with E-state index in [4.69, 9.17) is 4.74 Å². The predicted molar refractivity (Wildman–Crippen MR) is 99.3 cm³/mol. The van der Waals surface area contributed by atoms with E-state index in [2.05, 4.69) is 19.9 Å². The van der Waals surface area contributed by atoms with Crippen LogP contribution in [0.2, 0.25) is 0 Å². The zero-order valence-electron chi connectivity index (χ0n) is 16.5. The van der Waals surface area contributed by atoms with E-state index in [1.165, 1.54) is 12.7 Å². The second-order valence-corrected chi connectivity index (χ2v) is 9.94. The molecule has 7 atom stereocenters. The standard InChI is InChI=1S/C22H34O4/c1-20-9-6-15(23)12-14(20)4-5-16-17(20)7-10-21(2)18(16)8-11-22(21,25)13-19(24)26-3/h4,15-18,23,25H,5-13H2,1-3H3/t15-,16+,17-,18-,20-,21-,22-/m0/s1. The van der Waals surface area contributed by atoms with E-state index in [9.17, 15) is 15.0 Å². The number of carbonyl (C=O) groups excluding carboxylic acids is 1. The van der Waals surface area contributed by atoms with Crippen LogP contribution in [0, 0.1) is 28.6 Å². The van der Waals surface area contributed by atoms with E-state index in [1.54, 1.807) is 0 Å². The van der Waals surface area contributed by atoms with Gasteiger partial charge in [-0.25, -0.2) is 0 Å². The highest BCUT2D eigenvalue weighted by Crippen LogP contribution is 2.67. The number of aliphatic hydroxyl groups is 2. The molecule has 0 amide bonds. The van der Waals surface area contributed by atoms with Crippen LogP contribution in [-0.4, -0.2) is 35.0 Å². The van der Waals surface area contributed by atoms with Crippen molar-refractivity contribution in [3.05, 3.63) is 11.6 Å². The Morgan fingerprint density at radius 3 is 2.65 bits per heavy atom. The number of fused-ring (bicyclic) bond motifs is 5. The normalized spacial score (nSPS) is 50.3. The zero-order valence-corrected chi connectivity index (χ0v) is 16.5. The summed E-state index contributed by atoms with van der Waals surface area (Å²) in [6.07, 6.45) is 10.1. The van der Waals surface area contributed by atoms with Gasteiger partial charge in [0.15, 0.2) is 0 Å². The van der Waals surface area contributed by atoms with Crippen LogP contribution in [0.15, 0.2) is 11.6 Å². The first-order chi connectivity index (χ1) is 12.2. The summed E-state index contributed by atoms with van der Waals surface area (Å²) >= 11 is 0. The minimum atomic E-state index is -0.927. The molecule has 4 heteroatoms. The summed E-state index contributed by atoms with van der Waals surface area (Å²) in [7, 11) is 1.41. The van der Waals surface area contributed by atoms with Gasteiger partial charge in [-0.1, -0.05) is 25.5 Å². The third-order valence-corrected chi connectivity index (χ3v) is 9.06. The predicted octanol–water partition coefficient (Wildman–Crippen LogP) is 3.60. The summed E-state index contributed by atoms with van der Waals surface area (Å²) in [4.78, 5) is 11.9. The van der Waals surface area contributed by atoms with Crippen LogP contribution in [0.4, 0.5) is 0 Å². The largest absolute Gasteiger partial charge is 0.469 e. The maximum Gasteiger partial charge on any atom is 0.308 e. The average Bonchev–Trinajstić information content (AvgIpc) is 2.86. The Hall–Kier alpha value is -0.870. The Morgan fingerprint density at radius 1 is 1.19 bits per heavy atom. The van der Waals surface area contributed by atoms with Crippen molar-refractivity contribution in [1.82, 2.24) is 0 Å². The molecule has 4 rings (SSSR count). The van der Waals surface area contributed by atoms with Gasteiger partial charge in [-0.2, -0.15) is 0 Å². The van der Waals surface area contributed by atoms with Crippen LogP contribution in [0.5, 0.6) is 0 Å². The van der Waals surface area contributed by atoms with Crippen molar-refractivity contribution in [3.8, 4) is 0 Å². The zero-order chi connectivity index (χ0) is 18.7. The number of aliphatic hydroxyl groups excluding tert-OH is 1. The number of hydrogen-bond acceptors (Lipinski definition) is 4. The molecule has 0 heterocycles. The first kappa shape index (κ1) is 18.5. The smallest absolute Gasteiger partial charge is 0.308 e. The molecule has 146 valence electrons. The lowest BCUT2D eigenvalue weighted by Crippen LogP contribution is -2.55. The van der Waals surface area contributed by atoms with Crippen molar-refractivity contribution >= 4 is 5.97 Å². The van der Waals surface area contributed by atoms with Crippen LogP contribution in [0.25, 0.3) is 0 Å². The van der Waals surface area contributed by atoms with Gasteiger partial charge in [0, 0.05) is 0 Å². The van der Waals surface area contributed by atoms with Gasteiger partial charge in [-0.3, -0.25) is 4.79 Å². The van der Waals surface area contributed by atoms with Gasteiger partial charge in [0.2, 0.25) is 0 Å². The fraction of sp³-hybridized carbons (Fsp3) is 0.864. The Kier molecular flexibility index (Phi) is 4.31. The third kappa shape index (κ3) is 2.44. The van der Waals surface area contributed by atoms with Gasteiger partial charge in [-0.15, -0.1) is 0 Å². The van der Waals surface area contributed by atoms with E-state index >= 15 is 0 Å². The summed E-state index contributed by atoms with van der Waals surface area (Å²) in [5.74, 6) is 1.41. The monoisotopic (exact) mass is 362 g/mol. The number of hydrogen-bond donors (Lipinski definition) is 2. The molecule has 3 saturated carbocycles. The molecule has 4 nitrogen and oxygen atoms in total. The fourth-order valence-electron chi connectivity index (χ4n) is 7.35. The Balaban J connectivity index is 1.63. The molecule has 0 aliphatic heterocycles. The summed E-state index contributed by atoms with van der Waals surface area (Å²) < 4.78 is 4.87. The molecule has 0 spiro atoms. The Morgan fingerprint density at radius 2 is 1.92 bits per heavy atom. The number of allylic oxidation sites excluding steroid dienone is 1. The maximum atomic E-state index is 11.9. The molecule has 0 aromatic heterocycles. The lowest BCUT2D eigenvalue weighted by atomic mass is 9.47. The van der Waals surface area contributed by atoms with Crippen LogP contribution < -0.4 is 0 Å². The molecular weight excluding hydrogens is 328 g/mol. The topological polar surface area (TPSA) is 66.8 Å². The maximum absolute atomic E-state index is 11.9. The first-order valence-corrected chi connectivity index (χ1v) is 10.4. The number of methoxy groups -OCH3 is 1. The number of rotatable bonds is 2. The third-order valence-electron chi connectivity index (χ3n) is 9.06. The number of esters is 1. The minimum absolute atomic E-state index is 0.123. The molecule has 0 saturated heterocycles. The van der Waals surface area contributed by atoms with Crippen molar-refractivity contribution in [1.29, 1.82) is 0 Å². The summed E-state index contributed by atoms with van der Waals surface area (Å²) in [6.45, 7) is 4.63. The highest BCUT2D eigenvalue weighted by molar-refractivity contribution is 5.70. The Bertz CT molecular complexity index is 628. The quantitative estimate of drug-likeness (QED) is 0.582. The second kappa shape index (κ2) is 6.07. The van der Waals surface area contributed by atoms with Crippen LogP contribution in [-0.2, 0) is 9.53 Å². The van der Waals surface area contributed by atoms with Crippen LogP contribution >= 0.6 is 0 Å². The van der Waals surface area contributed by atoms with E-state index in [0.717, 1.165) is 44.9 Å². The molecular formula is C22H34O4. The number of carbonyl (C=O) groups is 1. The summed E-state index contributed by atoms with van der Waals surface area (Å²) in [5, 5.41) is 21.5. The van der Waals surface area contributed by atoms with E-state index in [-0.39, 0.29) is 29.3 Å². The molecule has 0 unspecified atom stereocenters. The van der Waals surface area contributed by atoms with Gasteiger partial charge >= 0.3 is 5.97 Å². The highest BCUT2D eigenvalue weighted by atomic mass is 16.5. The molecule has 2 N–H and O–H groups in total. The molecule has 0 aromatic rings. The molecule has 0 bridgehead atoms. The van der Waals surface area contributed by atoms with Gasteiger partial charge in [0.05, 0.1) is 25.2 Å². The molecule has 4 aliphatic carbocycles. The van der Waals surface area contributed by atoms with Gasteiger partial charge in [0.25, 0.3) is 0 Å². The van der Waals surface area contributed by atoms with Crippen molar-refractivity contribution in [3.63, 3.8) is 0 Å². The van der Waals surface area contributed by atoms with Crippen LogP contribution in [0.3, 0.4) is 0 Å². The molecule has 0 radical (unpaired) electrons. The Labute approximate surface area is 157 Å². The molecule has 3 fully saturated rings. The van der Waals surface area contributed by atoms with Gasteiger partial charge in [-0.05, 0) is 80.0 Å². The molecule has 4 aliphatic rings. The fourth-order valence-corrected chi connectivity index (χ4v) is 7.35. The lowest BCUT2D eigenvalue weighted by Gasteiger charge is -2.59. The van der Waals surface area contributed by atoms with E-state index < -0.39 is 5.60 Å². The van der Waals surface area contributed by atoms with Crippen molar-refractivity contribution in [2.75, 3.05) is 7.11 Å². The van der Waals surface area contributed by atoms with Crippen molar-refractivity contribution < 1.29 is 19.7 Å². The lowest BCUT2D eigenvalue weighted by molar-refractivity contribution is -0.160. The highest BCUT2D eigenvalue weighted by Gasteiger charge is 2.64.